The van der Waals surface area contributed by atoms with Crippen LogP contribution in [0.15, 0.2) is 224 Å². The molecule has 0 unspecified atom stereocenters. The Bertz CT molecular complexity index is 3000. The first-order valence-corrected chi connectivity index (χ1v) is 20.7. The zero-order chi connectivity index (χ0) is 39.6. The van der Waals surface area contributed by atoms with Crippen LogP contribution in [0.1, 0.15) is 0 Å². The predicted octanol–water partition coefficient (Wildman–Crippen LogP) is 10.5. The number of hydrogen-bond donors (Lipinski definition) is 0. The highest BCUT2D eigenvalue weighted by Gasteiger charge is 2.47. The highest BCUT2D eigenvalue weighted by molar-refractivity contribution is 7.00. The summed E-state index contributed by atoms with van der Waals surface area (Å²) in [6, 6.07) is 80.8. The standard InChI is InChI=1S/C54H37B2N3O/c1-6-20-38(21-7-1)56-47-37-50-53-54(52(47)44-30-16-18-32-48(44)59(56)42-28-14-5-15-29-42)60-51-36-43(57(39-22-8-2-9-23-39)40-24-10-3-11-25-40)34-35-46(51)55(53)45-31-17-19-33-49(45)58(50)41-26-12-4-13-27-41/h1-37H. The van der Waals surface area contributed by atoms with E-state index < -0.39 is 0 Å². The van der Waals surface area contributed by atoms with Crippen molar-refractivity contribution in [2.45, 2.75) is 0 Å². The second-order valence-electron chi connectivity index (χ2n) is 15.6. The van der Waals surface area contributed by atoms with Crippen LogP contribution in [-0.2, 0) is 0 Å². The quantitative estimate of drug-likeness (QED) is 0.157. The molecule has 6 heteroatoms. The van der Waals surface area contributed by atoms with E-state index in [1.807, 2.05) is 0 Å². The van der Waals surface area contributed by atoms with E-state index in [2.05, 4.69) is 239 Å². The monoisotopic (exact) mass is 765 g/mol. The lowest BCUT2D eigenvalue weighted by Crippen LogP contribution is -2.62. The van der Waals surface area contributed by atoms with Crippen molar-refractivity contribution < 1.29 is 4.74 Å². The molecule has 0 spiro atoms. The first kappa shape index (κ1) is 34.4. The normalized spacial score (nSPS) is 13.0. The fraction of sp³-hybridized carbons (Fsp3) is 0. The van der Waals surface area contributed by atoms with Gasteiger partial charge in [0.05, 0.1) is 0 Å². The number of nitrogens with zero attached hydrogens (tertiary/aromatic N) is 3. The summed E-state index contributed by atoms with van der Waals surface area (Å²) < 4.78 is 7.59. The molecule has 0 saturated heterocycles. The molecule has 9 aromatic carbocycles. The third kappa shape index (κ3) is 5.34. The number of anilines is 8. The molecule has 4 nitrogen and oxygen atoms in total. The van der Waals surface area contributed by atoms with E-state index in [9.17, 15) is 0 Å². The number of fused-ring (bicyclic) bond motifs is 8. The summed E-state index contributed by atoms with van der Waals surface area (Å²) in [7, 11) is 0. The van der Waals surface area contributed by atoms with Gasteiger partial charge in [0.25, 0.3) is 6.71 Å². The third-order valence-corrected chi connectivity index (χ3v) is 12.3. The van der Waals surface area contributed by atoms with Crippen molar-refractivity contribution in [3.63, 3.8) is 0 Å². The average Bonchev–Trinajstić information content (AvgIpc) is 3.32. The fourth-order valence-electron chi connectivity index (χ4n) is 9.86. The van der Waals surface area contributed by atoms with Gasteiger partial charge in [0.1, 0.15) is 11.5 Å². The molecule has 0 N–H and O–H groups in total. The van der Waals surface area contributed by atoms with Crippen LogP contribution in [0.2, 0.25) is 0 Å². The maximum atomic E-state index is 7.59. The van der Waals surface area contributed by atoms with Gasteiger partial charge < -0.3 is 19.3 Å². The summed E-state index contributed by atoms with van der Waals surface area (Å²) in [5, 5.41) is 0. The zero-order valence-electron chi connectivity index (χ0n) is 32.8. The summed E-state index contributed by atoms with van der Waals surface area (Å²) in [6.45, 7) is -0.207. The van der Waals surface area contributed by atoms with Crippen LogP contribution < -0.4 is 46.7 Å². The molecule has 0 amide bonds. The van der Waals surface area contributed by atoms with Crippen LogP contribution >= 0.6 is 0 Å². The predicted molar refractivity (Wildman–Crippen MR) is 252 cm³/mol. The zero-order valence-corrected chi connectivity index (χ0v) is 32.8. The molecule has 0 radical (unpaired) electrons. The van der Waals surface area contributed by atoms with Crippen LogP contribution in [-0.4, -0.2) is 13.6 Å². The fourth-order valence-corrected chi connectivity index (χ4v) is 9.86. The second-order valence-corrected chi connectivity index (χ2v) is 15.6. The lowest BCUT2D eigenvalue weighted by Gasteiger charge is -2.44. The van der Waals surface area contributed by atoms with Crippen molar-refractivity contribution in [2.24, 2.45) is 0 Å². The van der Waals surface area contributed by atoms with Crippen molar-refractivity contribution in [1.29, 1.82) is 0 Å². The van der Waals surface area contributed by atoms with E-state index in [0.29, 0.717) is 0 Å². The van der Waals surface area contributed by atoms with E-state index in [-0.39, 0.29) is 13.6 Å². The van der Waals surface area contributed by atoms with Gasteiger partial charge in [-0.15, -0.1) is 0 Å². The molecule has 9 aromatic rings. The molecule has 12 rings (SSSR count). The topological polar surface area (TPSA) is 19.0 Å². The largest absolute Gasteiger partial charge is 0.458 e. The van der Waals surface area contributed by atoms with Gasteiger partial charge in [0.2, 0.25) is 0 Å². The lowest BCUT2D eigenvalue weighted by molar-refractivity contribution is 0.490. The summed E-state index contributed by atoms with van der Waals surface area (Å²) in [5.74, 6) is 1.78. The Hall–Kier alpha value is -7.69. The van der Waals surface area contributed by atoms with Crippen LogP contribution in [0.4, 0.5) is 45.5 Å². The Morgan fingerprint density at radius 2 is 0.983 bits per heavy atom. The molecule has 0 bridgehead atoms. The minimum absolute atomic E-state index is 0.0642. The van der Waals surface area contributed by atoms with Crippen LogP contribution in [0, 0.1) is 0 Å². The van der Waals surface area contributed by atoms with Crippen molar-refractivity contribution in [1.82, 2.24) is 0 Å². The molecular weight excluding hydrogens is 728 g/mol. The van der Waals surface area contributed by atoms with Crippen molar-refractivity contribution in [3.05, 3.63) is 224 Å². The maximum Gasteiger partial charge on any atom is 0.329 e. The molecule has 0 saturated carbocycles. The summed E-state index contributed by atoms with van der Waals surface area (Å²) >= 11 is 0. The van der Waals surface area contributed by atoms with Gasteiger partial charge in [-0.25, -0.2) is 0 Å². The van der Waals surface area contributed by atoms with Gasteiger partial charge in [-0.3, -0.25) is 0 Å². The molecule has 0 aliphatic carbocycles. The molecule has 0 fully saturated rings. The SMILES string of the molecule is c1ccc(B2c3cc4c5c(c3-c3ccccc3N2c2ccccc2)Oc2cc(N(c3ccccc3)c3ccccc3)ccc2B5c2ccccc2N4c2ccccc2)cc1. The van der Waals surface area contributed by atoms with Gasteiger partial charge in [-0.05, 0) is 94.6 Å². The smallest absolute Gasteiger partial charge is 0.329 e. The lowest BCUT2D eigenvalue weighted by atomic mass is 9.33. The third-order valence-electron chi connectivity index (χ3n) is 12.3. The van der Waals surface area contributed by atoms with Crippen LogP contribution in [0.25, 0.3) is 11.1 Å². The van der Waals surface area contributed by atoms with Crippen molar-refractivity contribution in [2.75, 3.05) is 14.6 Å². The molecule has 3 aliphatic heterocycles. The Morgan fingerprint density at radius 1 is 0.417 bits per heavy atom. The Kier molecular flexibility index (Phi) is 8.02. The van der Waals surface area contributed by atoms with E-state index in [4.69, 9.17) is 4.74 Å². The summed E-state index contributed by atoms with van der Waals surface area (Å²) in [5.41, 5.74) is 17.2. The van der Waals surface area contributed by atoms with E-state index in [1.54, 1.807) is 0 Å². The highest BCUT2D eigenvalue weighted by atomic mass is 16.5. The maximum absolute atomic E-state index is 7.59. The van der Waals surface area contributed by atoms with E-state index in [0.717, 1.165) is 67.9 Å². The van der Waals surface area contributed by atoms with Gasteiger partial charge in [-0.2, -0.15) is 0 Å². The summed E-state index contributed by atoms with van der Waals surface area (Å²) in [6.07, 6.45) is 0. The number of ether oxygens (including phenoxy) is 1. The van der Waals surface area contributed by atoms with Gasteiger partial charge in [0.15, 0.2) is 0 Å². The molecule has 280 valence electrons. The van der Waals surface area contributed by atoms with E-state index in [1.165, 1.54) is 27.5 Å². The Morgan fingerprint density at radius 3 is 1.67 bits per heavy atom. The Labute approximate surface area is 351 Å². The molecule has 60 heavy (non-hydrogen) atoms. The Balaban J connectivity index is 1.17. The van der Waals surface area contributed by atoms with E-state index >= 15 is 0 Å². The number of para-hydroxylation sites is 6. The van der Waals surface area contributed by atoms with Crippen molar-refractivity contribution in [3.8, 4) is 22.6 Å². The molecule has 3 aliphatic rings. The number of benzene rings is 9. The number of rotatable bonds is 6. The first-order chi connectivity index (χ1) is 29.8. The van der Waals surface area contributed by atoms with Crippen LogP contribution in [0.5, 0.6) is 11.5 Å². The van der Waals surface area contributed by atoms with Gasteiger partial charge in [0, 0.05) is 62.7 Å². The average molecular weight is 766 g/mol. The molecule has 0 atom stereocenters. The minimum atomic E-state index is -0.142. The first-order valence-electron chi connectivity index (χ1n) is 20.7. The van der Waals surface area contributed by atoms with Crippen LogP contribution in [0.3, 0.4) is 0 Å². The molecular formula is C54H37B2N3O. The second kappa shape index (κ2) is 14.0. The highest BCUT2D eigenvalue weighted by Crippen LogP contribution is 2.49. The van der Waals surface area contributed by atoms with Crippen molar-refractivity contribution >= 4 is 86.4 Å². The minimum Gasteiger partial charge on any atom is -0.458 e. The van der Waals surface area contributed by atoms with Gasteiger partial charge >= 0.3 is 6.85 Å². The summed E-state index contributed by atoms with van der Waals surface area (Å²) in [4.78, 5) is 7.28. The molecule has 3 heterocycles. The number of hydrogen-bond acceptors (Lipinski definition) is 4. The van der Waals surface area contributed by atoms with Gasteiger partial charge in [-0.1, -0.05) is 151 Å². The molecule has 0 aromatic heterocycles.